The predicted molar refractivity (Wildman–Crippen MR) is 120 cm³/mol. The van der Waals surface area contributed by atoms with E-state index in [4.69, 9.17) is 4.98 Å². The minimum Gasteiger partial charge on any atom is -0.338 e. The molecule has 1 saturated heterocycles. The average molecular weight is 413 g/mol. The fourth-order valence-corrected chi connectivity index (χ4v) is 4.51. The summed E-state index contributed by atoms with van der Waals surface area (Å²) in [5.41, 5.74) is 3.94. The van der Waals surface area contributed by atoms with Crippen LogP contribution in [-0.4, -0.2) is 33.4 Å². The number of imidazole rings is 1. The van der Waals surface area contributed by atoms with Gasteiger partial charge in [0.05, 0.1) is 11.0 Å². The topological polar surface area (TPSA) is 38.1 Å². The summed E-state index contributed by atoms with van der Waals surface area (Å²) in [5, 5.41) is 0. The van der Waals surface area contributed by atoms with Crippen LogP contribution in [0.3, 0.4) is 0 Å². The lowest BCUT2D eigenvalue weighted by Gasteiger charge is -2.33. The molecule has 1 amide bonds. The molecule has 4 nitrogen and oxygen atoms in total. The molecule has 156 valence electrons. The number of fused-ring (bicyclic) bond motifs is 1. The summed E-state index contributed by atoms with van der Waals surface area (Å²) >= 11 is 0. The van der Waals surface area contributed by atoms with Crippen molar-refractivity contribution in [3.05, 3.63) is 102 Å². The van der Waals surface area contributed by atoms with Gasteiger partial charge in [0.1, 0.15) is 11.6 Å². The smallest absolute Gasteiger partial charge is 0.253 e. The lowest BCUT2D eigenvalue weighted by Crippen LogP contribution is -2.39. The van der Waals surface area contributed by atoms with Gasteiger partial charge in [-0.15, -0.1) is 0 Å². The molecule has 1 aliphatic rings. The zero-order valence-corrected chi connectivity index (χ0v) is 17.2. The van der Waals surface area contributed by atoms with Crippen molar-refractivity contribution in [1.29, 1.82) is 0 Å². The van der Waals surface area contributed by atoms with Crippen molar-refractivity contribution in [3.63, 3.8) is 0 Å². The monoisotopic (exact) mass is 413 g/mol. The molecule has 5 rings (SSSR count). The second-order valence-electron chi connectivity index (χ2n) is 8.08. The molecule has 1 aliphatic heterocycles. The van der Waals surface area contributed by atoms with Crippen LogP contribution in [-0.2, 0) is 6.42 Å². The molecular formula is C26H24FN3O. The van der Waals surface area contributed by atoms with Crippen LogP contribution >= 0.6 is 0 Å². The second kappa shape index (κ2) is 8.34. The Morgan fingerprint density at radius 3 is 2.32 bits per heavy atom. The van der Waals surface area contributed by atoms with Gasteiger partial charge in [0.2, 0.25) is 0 Å². The first kappa shape index (κ1) is 19.5. The molecule has 2 heterocycles. The number of piperidine rings is 1. The van der Waals surface area contributed by atoms with E-state index in [0.29, 0.717) is 24.7 Å². The van der Waals surface area contributed by atoms with Crippen molar-refractivity contribution in [2.75, 3.05) is 13.1 Å². The van der Waals surface area contributed by atoms with Crippen LogP contribution in [0, 0.1) is 5.82 Å². The van der Waals surface area contributed by atoms with E-state index in [1.54, 1.807) is 12.1 Å². The Balaban J connectivity index is 1.38. The zero-order valence-electron chi connectivity index (χ0n) is 17.2. The minimum absolute atomic E-state index is 0.0292. The average Bonchev–Trinajstić information content (AvgIpc) is 3.17. The number of benzene rings is 3. The molecule has 0 aliphatic carbocycles. The zero-order chi connectivity index (χ0) is 21.2. The highest BCUT2D eigenvalue weighted by Gasteiger charge is 2.27. The van der Waals surface area contributed by atoms with Crippen molar-refractivity contribution >= 4 is 16.9 Å². The highest BCUT2D eigenvalue weighted by Crippen LogP contribution is 2.30. The Morgan fingerprint density at radius 1 is 0.903 bits per heavy atom. The molecule has 0 saturated carbocycles. The summed E-state index contributed by atoms with van der Waals surface area (Å²) in [5.74, 6) is 0.711. The molecule has 0 unspecified atom stereocenters. The van der Waals surface area contributed by atoms with Crippen LogP contribution in [0.5, 0.6) is 0 Å². The van der Waals surface area contributed by atoms with E-state index < -0.39 is 0 Å². The van der Waals surface area contributed by atoms with Crippen molar-refractivity contribution in [3.8, 4) is 0 Å². The number of rotatable bonds is 4. The van der Waals surface area contributed by atoms with E-state index in [1.165, 1.54) is 17.7 Å². The SMILES string of the molecule is O=C(c1ccc(F)cc1)N1CCC(n2c(Cc3ccccc3)nc3ccccc32)CC1. The highest BCUT2D eigenvalue weighted by molar-refractivity contribution is 5.94. The third-order valence-electron chi connectivity index (χ3n) is 6.08. The lowest BCUT2D eigenvalue weighted by molar-refractivity contribution is 0.0695. The quantitative estimate of drug-likeness (QED) is 0.459. The third kappa shape index (κ3) is 3.96. The Morgan fingerprint density at radius 2 is 1.58 bits per heavy atom. The first-order valence-corrected chi connectivity index (χ1v) is 10.7. The molecule has 0 N–H and O–H groups in total. The van der Waals surface area contributed by atoms with E-state index in [0.717, 1.165) is 36.1 Å². The molecule has 31 heavy (non-hydrogen) atoms. The number of carbonyl (C=O) groups excluding carboxylic acids is 1. The third-order valence-corrected chi connectivity index (χ3v) is 6.08. The lowest BCUT2D eigenvalue weighted by atomic mass is 10.0. The van der Waals surface area contributed by atoms with Crippen molar-refractivity contribution in [2.24, 2.45) is 0 Å². The summed E-state index contributed by atoms with van der Waals surface area (Å²) in [6, 6.07) is 24.8. The Hall–Kier alpha value is -3.47. The highest BCUT2D eigenvalue weighted by atomic mass is 19.1. The van der Waals surface area contributed by atoms with Gasteiger partial charge in [0.25, 0.3) is 5.91 Å². The molecule has 0 bridgehead atoms. The number of amides is 1. The molecule has 1 fully saturated rings. The normalized spacial score (nSPS) is 14.8. The maximum Gasteiger partial charge on any atom is 0.253 e. The van der Waals surface area contributed by atoms with Gasteiger partial charge in [-0.25, -0.2) is 9.37 Å². The van der Waals surface area contributed by atoms with Gasteiger partial charge in [0.15, 0.2) is 0 Å². The van der Waals surface area contributed by atoms with E-state index in [-0.39, 0.29) is 11.7 Å². The molecule has 4 aromatic rings. The Bertz CT molecular complexity index is 1190. The van der Waals surface area contributed by atoms with Gasteiger partial charge in [0, 0.05) is 31.1 Å². The second-order valence-corrected chi connectivity index (χ2v) is 8.08. The molecule has 5 heteroatoms. The fourth-order valence-electron chi connectivity index (χ4n) is 4.51. The largest absolute Gasteiger partial charge is 0.338 e. The number of hydrogen-bond acceptors (Lipinski definition) is 2. The van der Waals surface area contributed by atoms with Gasteiger partial charge in [-0.05, 0) is 54.8 Å². The van der Waals surface area contributed by atoms with Gasteiger partial charge in [-0.2, -0.15) is 0 Å². The van der Waals surface area contributed by atoms with Crippen molar-refractivity contribution in [2.45, 2.75) is 25.3 Å². The summed E-state index contributed by atoms with van der Waals surface area (Å²) in [4.78, 5) is 19.6. The van der Waals surface area contributed by atoms with Crippen LogP contribution in [0.15, 0.2) is 78.9 Å². The molecule has 0 radical (unpaired) electrons. The summed E-state index contributed by atoms with van der Waals surface area (Å²) in [6.45, 7) is 1.36. The van der Waals surface area contributed by atoms with Gasteiger partial charge in [-0.1, -0.05) is 42.5 Å². The Labute approximate surface area is 181 Å². The number of halogens is 1. The number of hydrogen-bond donors (Lipinski definition) is 0. The minimum atomic E-state index is -0.326. The van der Waals surface area contributed by atoms with Crippen LogP contribution in [0.2, 0.25) is 0 Å². The van der Waals surface area contributed by atoms with E-state index in [1.807, 2.05) is 17.0 Å². The summed E-state index contributed by atoms with van der Waals surface area (Å²) in [6.07, 6.45) is 2.52. The number of para-hydroxylation sites is 2. The van der Waals surface area contributed by atoms with E-state index in [9.17, 15) is 9.18 Å². The maximum atomic E-state index is 13.2. The van der Waals surface area contributed by atoms with E-state index in [2.05, 4.69) is 47.0 Å². The molecule has 0 atom stereocenters. The first-order chi connectivity index (χ1) is 15.2. The maximum absolute atomic E-state index is 13.2. The van der Waals surface area contributed by atoms with Crippen molar-refractivity contribution < 1.29 is 9.18 Å². The van der Waals surface area contributed by atoms with Crippen LogP contribution < -0.4 is 0 Å². The van der Waals surface area contributed by atoms with E-state index >= 15 is 0 Å². The first-order valence-electron chi connectivity index (χ1n) is 10.7. The molecule has 1 aromatic heterocycles. The Kier molecular flexibility index (Phi) is 5.24. The van der Waals surface area contributed by atoms with Crippen molar-refractivity contribution in [1.82, 2.24) is 14.5 Å². The van der Waals surface area contributed by atoms with Gasteiger partial charge >= 0.3 is 0 Å². The molecule has 3 aromatic carbocycles. The summed E-state index contributed by atoms with van der Waals surface area (Å²) < 4.78 is 15.6. The standard InChI is InChI=1S/C26H24FN3O/c27-21-12-10-20(11-13-21)26(31)29-16-14-22(15-17-29)30-24-9-5-4-8-23(24)28-25(30)18-19-6-2-1-3-7-19/h1-13,22H,14-18H2. The molecule has 0 spiro atoms. The van der Waals surface area contributed by atoms with Crippen LogP contribution in [0.4, 0.5) is 4.39 Å². The predicted octanol–water partition coefficient (Wildman–Crippen LogP) is 5.24. The number of likely N-dealkylation sites (tertiary alicyclic amines) is 1. The summed E-state index contributed by atoms with van der Waals surface area (Å²) in [7, 11) is 0. The van der Waals surface area contributed by atoms with Gasteiger partial charge in [-0.3, -0.25) is 4.79 Å². The fraction of sp³-hybridized carbons (Fsp3) is 0.231. The number of aromatic nitrogens is 2. The van der Waals surface area contributed by atoms with Gasteiger partial charge < -0.3 is 9.47 Å². The molecular weight excluding hydrogens is 389 g/mol. The number of carbonyl (C=O) groups is 1. The van der Waals surface area contributed by atoms with Crippen LogP contribution in [0.1, 0.15) is 40.6 Å². The van der Waals surface area contributed by atoms with Crippen LogP contribution in [0.25, 0.3) is 11.0 Å². The number of nitrogens with zero attached hydrogens (tertiary/aromatic N) is 3.